The SMILES string of the molecule is CCOC(=O)C1=C(Nc2ccccc2)C(CC)C(c2ccc(Cl)cc2)N(c2ccccc2)C1c1ccc(Cl)cc1. The molecule has 0 saturated heterocycles. The van der Waals surface area contributed by atoms with Gasteiger partial charge in [0.15, 0.2) is 0 Å². The van der Waals surface area contributed by atoms with E-state index < -0.39 is 6.04 Å². The van der Waals surface area contributed by atoms with E-state index in [-0.39, 0.29) is 24.5 Å². The van der Waals surface area contributed by atoms with Crippen LogP contribution in [0.4, 0.5) is 11.4 Å². The number of anilines is 2. The van der Waals surface area contributed by atoms with Crippen LogP contribution in [0.3, 0.4) is 0 Å². The minimum Gasteiger partial charge on any atom is -0.463 e. The third-order valence-corrected chi connectivity index (χ3v) is 7.84. The normalized spacial score (nSPS) is 18.9. The highest BCUT2D eigenvalue weighted by Crippen LogP contribution is 2.51. The molecule has 4 aromatic carbocycles. The molecule has 5 rings (SSSR count). The van der Waals surface area contributed by atoms with Crippen molar-refractivity contribution in [3.05, 3.63) is 142 Å². The van der Waals surface area contributed by atoms with Gasteiger partial charge in [-0.05, 0) is 73.0 Å². The van der Waals surface area contributed by atoms with E-state index in [2.05, 4.69) is 41.4 Å². The summed E-state index contributed by atoms with van der Waals surface area (Å²) in [5.41, 5.74) is 5.41. The first kappa shape index (κ1) is 27.8. The summed E-state index contributed by atoms with van der Waals surface area (Å²) >= 11 is 12.7. The summed E-state index contributed by atoms with van der Waals surface area (Å²) in [7, 11) is 0. The fraction of sp³-hybridized carbons (Fsp3) is 0.206. The first-order chi connectivity index (χ1) is 19.5. The molecule has 1 aliphatic rings. The standard InChI is InChI=1S/C34H32Cl2N2O2/c1-3-29-31(37-27-11-7-5-8-12-27)30(34(39)40-4-2)33(24-17-21-26(36)22-18-24)38(28-13-9-6-10-14-28)32(29)23-15-19-25(35)20-16-23/h5-22,29,32-33,37H,3-4H2,1-2H3. The van der Waals surface area contributed by atoms with Crippen LogP contribution in [-0.4, -0.2) is 12.6 Å². The molecule has 0 saturated carbocycles. The summed E-state index contributed by atoms with van der Waals surface area (Å²) in [6.07, 6.45) is 0.780. The van der Waals surface area contributed by atoms with Crippen molar-refractivity contribution in [2.45, 2.75) is 32.4 Å². The second-order valence-corrected chi connectivity index (χ2v) is 10.6. The quantitative estimate of drug-likeness (QED) is 0.214. The van der Waals surface area contributed by atoms with Gasteiger partial charge in [-0.3, -0.25) is 0 Å². The van der Waals surface area contributed by atoms with Crippen LogP contribution < -0.4 is 10.2 Å². The second-order valence-electron chi connectivity index (χ2n) is 9.75. The van der Waals surface area contributed by atoms with E-state index >= 15 is 0 Å². The summed E-state index contributed by atoms with van der Waals surface area (Å²) in [4.78, 5) is 16.3. The monoisotopic (exact) mass is 570 g/mol. The van der Waals surface area contributed by atoms with Crippen molar-refractivity contribution in [3.63, 3.8) is 0 Å². The summed E-state index contributed by atoms with van der Waals surface area (Å²) in [5, 5.41) is 4.98. The Balaban J connectivity index is 1.84. The predicted octanol–water partition coefficient (Wildman–Crippen LogP) is 9.25. The Hall–Kier alpha value is -3.73. The van der Waals surface area contributed by atoms with Crippen LogP contribution in [0.5, 0.6) is 0 Å². The smallest absolute Gasteiger partial charge is 0.338 e. The molecule has 0 amide bonds. The van der Waals surface area contributed by atoms with Gasteiger partial charge in [0.25, 0.3) is 0 Å². The fourth-order valence-electron chi connectivity index (χ4n) is 5.63. The molecule has 1 aliphatic heterocycles. The molecular weight excluding hydrogens is 539 g/mol. The van der Waals surface area contributed by atoms with Crippen molar-refractivity contribution in [2.75, 3.05) is 16.8 Å². The largest absolute Gasteiger partial charge is 0.463 e. The molecule has 3 atom stereocenters. The highest BCUT2D eigenvalue weighted by atomic mass is 35.5. The Morgan fingerprint density at radius 3 is 1.88 bits per heavy atom. The zero-order valence-electron chi connectivity index (χ0n) is 22.6. The van der Waals surface area contributed by atoms with Crippen LogP contribution in [0.2, 0.25) is 10.0 Å². The van der Waals surface area contributed by atoms with Crippen LogP contribution in [0.15, 0.2) is 120 Å². The summed E-state index contributed by atoms with van der Waals surface area (Å²) in [6.45, 7) is 4.28. The van der Waals surface area contributed by atoms with Crippen LogP contribution in [-0.2, 0) is 9.53 Å². The third kappa shape index (κ3) is 5.74. The molecule has 0 fully saturated rings. The Kier molecular flexibility index (Phi) is 8.78. The summed E-state index contributed by atoms with van der Waals surface area (Å²) < 4.78 is 5.75. The number of esters is 1. The number of carbonyl (C=O) groups is 1. The van der Waals surface area contributed by atoms with Crippen molar-refractivity contribution < 1.29 is 9.53 Å². The number of para-hydroxylation sites is 2. The maximum atomic E-state index is 14.0. The van der Waals surface area contributed by atoms with Gasteiger partial charge in [0.2, 0.25) is 0 Å². The number of nitrogens with one attached hydrogen (secondary N) is 1. The molecule has 204 valence electrons. The van der Waals surface area contributed by atoms with Crippen LogP contribution >= 0.6 is 23.2 Å². The molecule has 40 heavy (non-hydrogen) atoms. The average Bonchev–Trinajstić information content (AvgIpc) is 2.98. The topological polar surface area (TPSA) is 41.6 Å². The lowest BCUT2D eigenvalue weighted by atomic mass is 9.76. The Labute approximate surface area is 246 Å². The van der Waals surface area contributed by atoms with Crippen LogP contribution in [0.25, 0.3) is 0 Å². The van der Waals surface area contributed by atoms with E-state index in [0.717, 1.165) is 34.6 Å². The number of halogens is 2. The van der Waals surface area contributed by atoms with Crippen LogP contribution in [0, 0.1) is 5.92 Å². The van der Waals surface area contributed by atoms with E-state index in [0.29, 0.717) is 15.6 Å². The highest BCUT2D eigenvalue weighted by Gasteiger charge is 2.46. The molecule has 0 aromatic heterocycles. The van der Waals surface area contributed by atoms with E-state index in [1.165, 1.54) is 0 Å². The Morgan fingerprint density at radius 2 is 1.32 bits per heavy atom. The van der Waals surface area contributed by atoms with Crippen LogP contribution in [0.1, 0.15) is 43.5 Å². The van der Waals surface area contributed by atoms with Gasteiger partial charge in [0, 0.05) is 33.0 Å². The van der Waals surface area contributed by atoms with E-state index in [1.54, 1.807) is 0 Å². The maximum absolute atomic E-state index is 14.0. The molecule has 1 N–H and O–H groups in total. The molecule has 0 radical (unpaired) electrons. The van der Waals surface area contributed by atoms with Gasteiger partial charge in [0.1, 0.15) is 0 Å². The van der Waals surface area contributed by atoms with E-state index in [4.69, 9.17) is 27.9 Å². The predicted molar refractivity (Wildman–Crippen MR) is 165 cm³/mol. The average molecular weight is 572 g/mol. The first-order valence-electron chi connectivity index (χ1n) is 13.6. The van der Waals surface area contributed by atoms with Crippen molar-refractivity contribution in [2.24, 2.45) is 5.92 Å². The number of nitrogens with zero attached hydrogens (tertiary/aromatic N) is 1. The molecule has 3 unspecified atom stereocenters. The first-order valence-corrected chi connectivity index (χ1v) is 14.3. The van der Waals surface area contributed by atoms with Gasteiger partial charge in [-0.2, -0.15) is 0 Å². The van der Waals surface area contributed by atoms with Gasteiger partial charge in [-0.15, -0.1) is 0 Å². The lowest BCUT2D eigenvalue weighted by Gasteiger charge is -2.49. The second kappa shape index (κ2) is 12.6. The maximum Gasteiger partial charge on any atom is 0.338 e. The number of benzene rings is 4. The van der Waals surface area contributed by atoms with Crippen molar-refractivity contribution >= 4 is 40.5 Å². The number of hydrogen-bond donors (Lipinski definition) is 1. The van der Waals surface area contributed by atoms with Gasteiger partial charge < -0.3 is 15.0 Å². The molecule has 4 aromatic rings. The van der Waals surface area contributed by atoms with Gasteiger partial charge in [-0.25, -0.2) is 4.79 Å². The molecule has 0 spiro atoms. The summed E-state index contributed by atoms with van der Waals surface area (Å²) in [6, 6.07) is 35.4. The highest BCUT2D eigenvalue weighted by molar-refractivity contribution is 6.30. The fourth-order valence-corrected chi connectivity index (χ4v) is 5.88. The van der Waals surface area contributed by atoms with E-state index in [1.807, 2.05) is 91.9 Å². The van der Waals surface area contributed by atoms with Crippen molar-refractivity contribution in [1.82, 2.24) is 0 Å². The van der Waals surface area contributed by atoms with Crippen molar-refractivity contribution in [1.29, 1.82) is 0 Å². The zero-order chi connectivity index (χ0) is 28.1. The molecular formula is C34H32Cl2N2O2. The Bertz CT molecular complexity index is 1460. The number of rotatable bonds is 8. The third-order valence-electron chi connectivity index (χ3n) is 7.33. The molecule has 0 aliphatic carbocycles. The lowest BCUT2D eigenvalue weighted by Crippen LogP contribution is -2.46. The van der Waals surface area contributed by atoms with Gasteiger partial charge in [0.05, 0.1) is 24.3 Å². The lowest BCUT2D eigenvalue weighted by molar-refractivity contribution is -0.139. The number of ether oxygens (including phenoxy) is 1. The minimum atomic E-state index is -0.451. The van der Waals surface area contributed by atoms with E-state index in [9.17, 15) is 4.79 Å². The molecule has 1 heterocycles. The zero-order valence-corrected chi connectivity index (χ0v) is 24.1. The molecule has 6 heteroatoms. The minimum absolute atomic E-state index is 0.0652. The summed E-state index contributed by atoms with van der Waals surface area (Å²) in [5.74, 6) is -0.403. The van der Waals surface area contributed by atoms with Gasteiger partial charge in [-0.1, -0.05) is 90.8 Å². The molecule has 4 nitrogen and oxygen atoms in total. The Morgan fingerprint density at radius 1 is 0.775 bits per heavy atom. The van der Waals surface area contributed by atoms with Crippen molar-refractivity contribution in [3.8, 4) is 0 Å². The number of carbonyl (C=O) groups excluding carboxylic acids is 1. The van der Waals surface area contributed by atoms with Gasteiger partial charge >= 0.3 is 5.97 Å². The molecule has 0 bridgehead atoms. The number of hydrogen-bond acceptors (Lipinski definition) is 4.